The van der Waals surface area contributed by atoms with Gasteiger partial charge in [-0.05, 0) is 36.5 Å². The fraction of sp³-hybridized carbons (Fsp3) is 0.895. The molecule has 1 unspecified atom stereocenters. The second-order valence-electron chi connectivity index (χ2n) is 8.55. The van der Waals surface area contributed by atoms with Crippen molar-refractivity contribution < 1.29 is 9.59 Å². The zero-order chi connectivity index (χ0) is 18.8. The van der Waals surface area contributed by atoms with Crippen molar-refractivity contribution in [2.45, 2.75) is 73.6 Å². The van der Waals surface area contributed by atoms with Crippen LogP contribution >= 0.6 is 0 Å². The summed E-state index contributed by atoms with van der Waals surface area (Å²) in [7, 11) is 0. The van der Waals surface area contributed by atoms with E-state index in [9.17, 15) is 9.59 Å². The summed E-state index contributed by atoms with van der Waals surface area (Å²) >= 11 is 0. The molecule has 4 N–H and O–H groups in total. The third-order valence-corrected chi connectivity index (χ3v) is 4.74. The van der Waals surface area contributed by atoms with Crippen LogP contribution in [0.1, 0.15) is 73.6 Å². The lowest BCUT2D eigenvalue weighted by molar-refractivity contribution is -0.129. The van der Waals surface area contributed by atoms with Gasteiger partial charge in [0.05, 0.1) is 6.54 Å². The highest BCUT2D eigenvalue weighted by Gasteiger charge is 2.35. The van der Waals surface area contributed by atoms with Crippen LogP contribution in [-0.4, -0.2) is 31.4 Å². The molecule has 24 heavy (non-hydrogen) atoms. The van der Waals surface area contributed by atoms with E-state index in [1.54, 1.807) is 0 Å². The van der Waals surface area contributed by atoms with E-state index < -0.39 is 0 Å². The van der Waals surface area contributed by atoms with Gasteiger partial charge >= 0.3 is 0 Å². The van der Waals surface area contributed by atoms with Crippen LogP contribution in [0.2, 0.25) is 0 Å². The third-order valence-electron chi connectivity index (χ3n) is 4.74. The molecule has 0 aliphatic heterocycles. The standard InChI is InChI=1S/C19H39N3O2/c1-7-19(5,6)13-15(18(2,3)4)17(24)22-12-10-8-9-11-21-16(23)14-20/h15H,7-14,20H2,1-6H3,(H,21,23)(H,22,24). The number of amides is 2. The summed E-state index contributed by atoms with van der Waals surface area (Å²) in [6.45, 7) is 14.5. The van der Waals surface area contributed by atoms with E-state index in [1.165, 1.54) is 0 Å². The van der Waals surface area contributed by atoms with Crippen molar-refractivity contribution in [2.75, 3.05) is 19.6 Å². The van der Waals surface area contributed by atoms with E-state index in [1.807, 2.05) is 0 Å². The molecule has 2 amide bonds. The van der Waals surface area contributed by atoms with E-state index in [2.05, 4.69) is 52.2 Å². The molecule has 0 spiro atoms. The predicted molar refractivity (Wildman–Crippen MR) is 101 cm³/mol. The Morgan fingerprint density at radius 1 is 0.958 bits per heavy atom. The number of nitrogens with two attached hydrogens (primary N) is 1. The fourth-order valence-electron chi connectivity index (χ4n) is 2.55. The molecule has 0 heterocycles. The Hall–Kier alpha value is -1.10. The van der Waals surface area contributed by atoms with Gasteiger partial charge in [-0.1, -0.05) is 48.0 Å². The third kappa shape index (κ3) is 9.91. The normalized spacial score (nSPS) is 13.5. The number of hydrogen-bond donors (Lipinski definition) is 3. The molecule has 5 nitrogen and oxygen atoms in total. The Balaban J connectivity index is 4.18. The summed E-state index contributed by atoms with van der Waals surface area (Å²) in [6.07, 6.45) is 4.79. The van der Waals surface area contributed by atoms with Crippen molar-refractivity contribution in [3.05, 3.63) is 0 Å². The van der Waals surface area contributed by atoms with Crippen molar-refractivity contribution in [1.29, 1.82) is 0 Å². The Kier molecular flexibility index (Phi) is 10.2. The molecule has 142 valence electrons. The van der Waals surface area contributed by atoms with Gasteiger partial charge in [-0.25, -0.2) is 0 Å². The summed E-state index contributed by atoms with van der Waals surface area (Å²) in [6, 6.07) is 0. The highest BCUT2D eigenvalue weighted by Crippen LogP contribution is 2.38. The first-order chi connectivity index (χ1) is 11.0. The zero-order valence-electron chi connectivity index (χ0n) is 16.6. The summed E-state index contributed by atoms with van der Waals surface area (Å²) in [5.74, 6) is 0.0756. The van der Waals surface area contributed by atoms with E-state index in [4.69, 9.17) is 5.73 Å². The van der Waals surface area contributed by atoms with Crippen molar-refractivity contribution in [2.24, 2.45) is 22.5 Å². The first-order valence-corrected chi connectivity index (χ1v) is 9.28. The van der Waals surface area contributed by atoms with E-state index >= 15 is 0 Å². The van der Waals surface area contributed by atoms with E-state index in [-0.39, 0.29) is 35.1 Å². The van der Waals surface area contributed by atoms with Gasteiger partial charge < -0.3 is 16.4 Å². The second-order valence-corrected chi connectivity index (χ2v) is 8.55. The molecular formula is C19H39N3O2. The minimum absolute atomic E-state index is 0.0243. The lowest BCUT2D eigenvalue weighted by atomic mass is 9.70. The number of unbranched alkanes of at least 4 members (excludes halogenated alkanes) is 2. The minimum Gasteiger partial charge on any atom is -0.356 e. The number of rotatable bonds is 11. The maximum atomic E-state index is 12.6. The Bertz CT molecular complexity index is 387. The van der Waals surface area contributed by atoms with Crippen LogP contribution in [-0.2, 0) is 9.59 Å². The van der Waals surface area contributed by atoms with Crippen molar-refractivity contribution in [3.63, 3.8) is 0 Å². The predicted octanol–water partition coefficient (Wildman–Crippen LogP) is 2.84. The van der Waals surface area contributed by atoms with E-state index in [0.717, 1.165) is 32.1 Å². The Labute approximate surface area is 148 Å². The molecule has 0 aliphatic rings. The van der Waals surface area contributed by atoms with Gasteiger partial charge in [-0.15, -0.1) is 0 Å². The molecule has 5 heteroatoms. The molecule has 0 rings (SSSR count). The summed E-state index contributed by atoms with van der Waals surface area (Å²) in [5, 5.41) is 5.85. The van der Waals surface area contributed by atoms with Gasteiger partial charge in [0.1, 0.15) is 0 Å². The van der Waals surface area contributed by atoms with Gasteiger partial charge in [0.25, 0.3) is 0 Å². The van der Waals surface area contributed by atoms with Crippen LogP contribution < -0.4 is 16.4 Å². The van der Waals surface area contributed by atoms with Crippen molar-refractivity contribution in [3.8, 4) is 0 Å². The number of hydrogen-bond acceptors (Lipinski definition) is 3. The molecule has 0 aromatic carbocycles. The van der Waals surface area contributed by atoms with Crippen LogP contribution in [0.3, 0.4) is 0 Å². The maximum absolute atomic E-state index is 12.6. The maximum Gasteiger partial charge on any atom is 0.233 e. The topological polar surface area (TPSA) is 84.2 Å². The van der Waals surface area contributed by atoms with E-state index in [0.29, 0.717) is 13.1 Å². The second kappa shape index (κ2) is 10.7. The number of carbonyl (C=O) groups excluding carboxylic acids is 2. The quantitative estimate of drug-likeness (QED) is 0.505. The lowest BCUT2D eigenvalue weighted by Crippen LogP contribution is -2.40. The SMILES string of the molecule is CCC(C)(C)CC(C(=O)NCCCCCNC(=O)CN)C(C)(C)C. The van der Waals surface area contributed by atoms with Crippen molar-refractivity contribution in [1.82, 2.24) is 10.6 Å². The summed E-state index contributed by atoms with van der Waals surface area (Å²) in [5.41, 5.74) is 5.36. The summed E-state index contributed by atoms with van der Waals surface area (Å²) in [4.78, 5) is 23.6. The molecule has 0 aromatic heterocycles. The average Bonchev–Trinajstić information content (AvgIpc) is 2.50. The molecule has 0 saturated carbocycles. The van der Waals surface area contributed by atoms with Crippen LogP contribution in [0.4, 0.5) is 0 Å². The first kappa shape index (κ1) is 22.9. The lowest BCUT2D eigenvalue weighted by Gasteiger charge is -2.35. The number of carbonyl (C=O) groups is 2. The van der Waals surface area contributed by atoms with Crippen LogP contribution in [0.25, 0.3) is 0 Å². The molecule has 1 atom stereocenters. The van der Waals surface area contributed by atoms with Gasteiger partial charge in [0.2, 0.25) is 11.8 Å². The van der Waals surface area contributed by atoms with Crippen LogP contribution in [0.15, 0.2) is 0 Å². The first-order valence-electron chi connectivity index (χ1n) is 9.28. The molecule has 0 radical (unpaired) electrons. The Morgan fingerprint density at radius 2 is 1.50 bits per heavy atom. The fourth-order valence-corrected chi connectivity index (χ4v) is 2.55. The van der Waals surface area contributed by atoms with Crippen LogP contribution in [0.5, 0.6) is 0 Å². The molecule has 0 saturated heterocycles. The van der Waals surface area contributed by atoms with Crippen molar-refractivity contribution >= 4 is 11.8 Å². The average molecular weight is 342 g/mol. The molecule has 0 aromatic rings. The zero-order valence-corrected chi connectivity index (χ0v) is 16.6. The Morgan fingerprint density at radius 3 is 1.96 bits per heavy atom. The molecule has 0 fully saturated rings. The minimum atomic E-state index is -0.116. The van der Waals surface area contributed by atoms with Gasteiger partial charge in [0, 0.05) is 19.0 Å². The molecule has 0 bridgehead atoms. The monoisotopic (exact) mass is 341 g/mol. The highest BCUT2D eigenvalue weighted by molar-refractivity contribution is 5.79. The highest BCUT2D eigenvalue weighted by atomic mass is 16.2. The molecule has 0 aliphatic carbocycles. The largest absolute Gasteiger partial charge is 0.356 e. The molecular weight excluding hydrogens is 302 g/mol. The summed E-state index contributed by atoms with van der Waals surface area (Å²) < 4.78 is 0. The van der Waals surface area contributed by atoms with Gasteiger partial charge in [-0.2, -0.15) is 0 Å². The smallest absolute Gasteiger partial charge is 0.233 e. The number of nitrogens with one attached hydrogen (secondary N) is 2. The van der Waals surface area contributed by atoms with Gasteiger partial charge in [0.15, 0.2) is 0 Å². The van der Waals surface area contributed by atoms with Gasteiger partial charge in [-0.3, -0.25) is 9.59 Å². The van der Waals surface area contributed by atoms with Crippen LogP contribution in [0, 0.1) is 16.7 Å².